The first-order chi connectivity index (χ1) is 8.63. The van der Waals surface area contributed by atoms with Gasteiger partial charge in [-0.15, -0.1) is 6.58 Å². The number of carbonyl (C=O) groups is 2. The van der Waals surface area contributed by atoms with E-state index in [0.29, 0.717) is 5.76 Å². The highest BCUT2D eigenvalue weighted by Crippen LogP contribution is 2.14. The second-order valence-corrected chi connectivity index (χ2v) is 3.92. The molecule has 0 unspecified atom stereocenters. The molecule has 6 heteroatoms. The number of amides is 2. The first-order valence-corrected chi connectivity index (χ1v) is 5.57. The van der Waals surface area contributed by atoms with E-state index in [2.05, 4.69) is 11.9 Å². The third-order valence-electron chi connectivity index (χ3n) is 2.33. The summed E-state index contributed by atoms with van der Waals surface area (Å²) in [6, 6.07) is 3.32. The molecule has 18 heavy (non-hydrogen) atoms. The van der Waals surface area contributed by atoms with Crippen molar-refractivity contribution in [1.29, 1.82) is 0 Å². The Balaban J connectivity index is 2.35. The molecule has 0 radical (unpaired) electrons. The molecule has 1 aromatic heterocycles. The maximum absolute atomic E-state index is 12.1. The number of carbonyl (C=O) groups excluding carboxylic acids is 2. The minimum atomic E-state index is -0.526. The van der Waals surface area contributed by atoms with Crippen molar-refractivity contribution in [3.8, 4) is 0 Å². The van der Waals surface area contributed by atoms with Gasteiger partial charge in [0.15, 0.2) is 5.11 Å². The predicted molar refractivity (Wildman–Crippen MR) is 69.3 cm³/mol. The zero-order valence-corrected chi connectivity index (χ0v) is 10.2. The van der Waals surface area contributed by atoms with Crippen LogP contribution in [0.3, 0.4) is 0 Å². The average molecular weight is 262 g/mol. The summed E-state index contributed by atoms with van der Waals surface area (Å²) < 4.78 is 5.07. The van der Waals surface area contributed by atoms with E-state index in [1.165, 1.54) is 23.3 Å². The van der Waals surface area contributed by atoms with Crippen LogP contribution in [-0.4, -0.2) is 28.4 Å². The molecule has 0 aromatic carbocycles. The molecule has 92 valence electrons. The lowest BCUT2D eigenvalue weighted by atomic mass is 10.1. The van der Waals surface area contributed by atoms with Gasteiger partial charge in [-0.3, -0.25) is 19.8 Å². The van der Waals surface area contributed by atoms with Gasteiger partial charge in [0.25, 0.3) is 11.8 Å². The monoisotopic (exact) mass is 262 g/mol. The number of thiocarbonyl (C=S) groups is 1. The average Bonchev–Trinajstić information content (AvgIpc) is 2.83. The Kier molecular flexibility index (Phi) is 3.38. The van der Waals surface area contributed by atoms with E-state index in [1.807, 2.05) is 0 Å². The third-order valence-corrected chi connectivity index (χ3v) is 2.65. The molecule has 0 bridgehead atoms. The fourth-order valence-electron chi connectivity index (χ4n) is 1.50. The molecule has 2 heterocycles. The van der Waals surface area contributed by atoms with Crippen LogP contribution in [0.25, 0.3) is 6.08 Å². The highest BCUT2D eigenvalue weighted by atomic mass is 32.1. The molecule has 5 nitrogen and oxygen atoms in total. The highest BCUT2D eigenvalue weighted by molar-refractivity contribution is 7.80. The van der Waals surface area contributed by atoms with Gasteiger partial charge in [-0.25, -0.2) is 0 Å². The second-order valence-electron chi connectivity index (χ2n) is 3.54. The molecule has 1 aliphatic heterocycles. The number of nitrogens with one attached hydrogen (secondary N) is 1. The fraction of sp³-hybridized carbons (Fsp3) is 0.0833. The minimum absolute atomic E-state index is 0.0135. The summed E-state index contributed by atoms with van der Waals surface area (Å²) in [5.74, 6) is -0.554. The summed E-state index contributed by atoms with van der Waals surface area (Å²) in [5, 5.41) is 2.53. The number of rotatable bonds is 3. The van der Waals surface area contributed by atoms with E-state index in [0.717, 1.165) is 0 Å². The van der Waals surface area contributed by atoms with Crippen LogP contribution in [0.1, 0.15) is 5.76 Å². The Labute approximate surface area is 109 Å². The Hall–Kier alpha value is -2.21. The number of hydrogen-bond acceptors (Lipinski definition) is 4. The quantitative estimate of drug-likeness (QED) is 0.383. The zero-order valence-electron chi connectivity index (χ0n) is 9.38. The van der Waals surface area contributed by atoms with E-state index >= 15 is 0 Å². The van der Waals surface area contributed by atoms with Crippen molar-refractivity contribution in [3.05, 3.63) is 42.4 Å². The normalized spacial score (nSPS) is 18.1. The molecule has 1 saturated heterocycles. The van der Waals surface area contributed by atoms with Crippen molar-refractivity contribution < 1.29 is 14.0 Å². The topological polar surface area (TPSA) is 62.6 Å². The van der Waals surface area contributed by atoms with Gasteiger partial charge in [-0.2, -0.15) is 0 Å². The van der Waals surface area contributed by atoms with Gasteiger partial charge in [0.2, 0.25) is 0 Å². The van der Waals surface area contributed by atoms with Gasteiger partial charge in [0, 0.05) is 6.54 Å². The Morgan fingerprint density at radius 1 is 1.50 bits per heavy atom. The van der Waals surface area contributed by atoms with Crippen LogP contribution in [0.4, 0.5) is 0 Å². The van der Waals surface area contributed by atoms with Crippen LogP contribution in [-0.2, 0) is 9.59 Å². The largest absolute Gasteiger partial charge is 0.465 e. The van der Waals surface area contributed by atoms with Crippen LogP contribution < -0.4 is 5.32 Å². The van der Waals surface area contributed by atoms with Gasteiger partial charge in [-0.1, -0.05) is 6.08 Å². The second kappa shape index (κ2) is 4.97. The van der Waals surface area contributed by atoms with Gasteiger partial charge >= 0.3 is 0 Å². The van der Waals surface area contributed by atoms with Crippen molar-refractivity contribution in [2.24, 2.45) is 0 Å². The van der Waals surface area contributed by atoms with Crippen LogP contribution in [0.5, 0.6) is 0 Å². The first-order valence-electron chi connectivity index (χ1n) is 5.16. The molecule has 2 rings (SSSR count). The molecule has 1 N–H and O–H groups in total. The molecular weight excluding hydrogens is 252 g/mol. The molecule has 0 atom stereocenters. The molecule has 1 fully saturated rings. The van der Waals surface area contributed by atoms with Crippen molar-refractivity contribution in [3.63, 3.8) is 0 Å². The van der Waals surface area contributed by atoms with Crippen LogP contribution >= 0.6 is 12.2 Å². The Bertz CT molecular complexity index is 546. The summed E-state index contributed by atoms with van der Waals surface area (Å²) in [5.41, 5.74) is -0.0135. The van der Waals surface area contributed by atoms with E-state index in [9.17, 15) is 9.59 Å². The van der Waals surface area contributed by atoms with E-state index in [4.69, 9.17) is 16.6 Å². The lowest BCUT2D eigenvalue weighted by molar-refractivity contribution is -0.128. The summed E-state index contributed by atoms with van der Waals surface area (Å²) in [6.45, 7) is 3.78. The van der Waals surface area contributed by atoms with Crippen molar-refractivity contribution >= 4 is 35.2 Å². The highest BCUT2D eigenvalue weighted by Gasteiger charge is 2.32. The number of furan rings is 1. The van der Waals surface area contributed by atoms with Crippen molar-refractivity contribution in [1.82, 2.24) is 10.2 Å². The standard InChI is InChI=1S/C12H10N2O3S/c1-2-5-14-11(16)9(10(15)13-12(14)18)7-8-4-3-6-17-8/h2-4,6-7H,1,5H2,(H,13,15,18). The maximum Gasteiger partial charge on any atom is 0.266 e. The SMILES string of the molecule is C=CCN1C(=O)C(=Cc2ccco2)C(=O)NC1=S. The fourth-order valence-corrected chi connectivity index (χ4v) is 1.75. The third kappa shape index (κ3) is 2.23. The molecule has 0 saturated carbocycles. The summed E-state index contributed by atoms with van der Waals surface area (Å²) >= 11 is 4.92. The van der Waals surface area contributed by atoms with Crippen LogP contribution in [0.15, 0.2) is 41.0 Å². The first kappa shape index (κ1) is 12.3. The van der Waals surface area contributed by atoms with E-state index in [1.54, 1.807) is 12.1 Å². The zero-order chi connectivity index (χ0) is 13.1. The summed E-state index contributed by atoms with van der Waals surface area (Å²) in [4.78, 5) is 25.1. The summed E-state index contributed by atoms with van der Waals surface area (Å²) in [7, 11) is 0. The molecule has 0 aliphatic carbocycles. The Morgan fingerprint density at radius 2 is 2.28 bits per heavy atom. The molecule has 1 aromatic rings. The van der Waals surface area contributed by atoms with Gasteiger partial charge in [0.1, 0.15) is 11.3 Å². The number of nitrogens with zero attached hydrogens (tertiary/aromatic N) is 1. The lowest BCUT2D eigenvalue weighted by Crippen LogP contribution is -2.53. The molecule has 0 spiro atoms. The summed E-state index contributed by atoms with van der Waals surface area (Å²) in [6.07, 6.45) is 4.38. The van der Waals surface area contributed by atoms with Crippen molar-refractivity contribution in [2.75, 3.05) is 6.54 Å². The minimum Gasteiger partial charge on any atom is -0.465 e. The lowest BCUT2D eigenvalue weighted by Gasteiger charge is -2.27. The van der Waals surface area contributed by atoms with Gasteiger partial charge in [0.05, 0.1) is 6.26 Å². The predicted octanol–water partition coefficient (Wildman–Crippen LogP) is 1.09. The maximum atomic E-state index is 12.1. The van der Waals surface area contributed by atoms with Gasteiger partial charge in [-0.05, 0) is 30.4 Å². The Morgan fingerprint density at radius 3 is 2.89 bits per heavy atom. The molecular formula is C12H10N2O3S. The smallest absolute Gasteiger partial charge is 0.266 e. The van der Waals surface area contributed by atoms with E-state index in [-0.39, 0.29) is 17.2 Å². The van der Waals surface area contributed by atoms with Crippen LogP contribution in [0.2, 0.25) is 0 Å². The van der Waals surface area contributed by atoms with Gasteiger partial charge < -0.3 is 4.42 Å². The molecule has 1 aliphatic rings. The van der Waals surface area contributed by atoms with E-state index < -0.39 is 11.8 Å². The number of hydrogen-bond donors (Lipinski definition) is 1. The van der Waals surface area contributed by atoms with Crippen molar-refractivity contribution in [2.45, 2.75) is 0 Å². The molecule has 2 amide bonds. The van der Waals surface area contributed by atoms with Crippen LogP contribution in [0, 0.1) is 0 Å².